The first-order valence-electron chi connectivity index (χ1n) is 8.67. The molecule has 2 aliphatic rings. The van der Waals surface area contributed by atoms with Gasteiger partial charge in [0.05, 0.1) is 0 Å². The fourth-order valence-electron chi connectivity index (χ4n) is 3.29. The summed E-state index contributed by atoms with van der Waals surface area (Å²) < 4.78 is 5.30. The normalized spacial score (nSPS) is 20.0. The first-order chi connectivity index (χ1) is 12.6. The van der Waals surface area contributed by atoms with E-state index in [0.717, 1.165) is 32.1 Å². The summed E-state index contributed by atoms with van der Waals surface area (Å²) in [5.74, 6) is 1.78. The topological polar surface area (TPSA) is 75.7 Å². The molecule has 1 aliphatic heterocycles. The Kier molecular flexibility index (Phi) is 5.37. The second kappa shape index (κ2) is 7.87. The van der Waals surface area contributed by atoms with Gasteiger partial charge in [-0.3, -0.25) is 19.8 Å². The van der Waals surface area contributed by atoms with Crippen molar-refractivity contribution in [1.82, 2.24) is 10.2 Å². The summed E-state index contributed by atoms with van der Waals surface area (Å²) in [5.41, 5.74) is 0.627. The number of hydrogen-bond acceptors (Lipinski definition) is 4. The van der Waals surface area contributed by atoms with Gasteiger partial charge in [0, 0.05) is 6.04 Å². The lowest BCUT2D eigenvalue weighted by Crippen LogP contribution is -2.58. The van der Waals surface area contributed by atoms with Gasteiger partial charge in [-0.2, -0.15) is 0 Å². The third-order valence-electron chi connectivity index (χ3n) is 4.59. The SMILES string of the molecule is C#CCOc1ccc(C=C2C(=O)NC(=O)N(C3CCCCC3)C2=O)cc1. The fourth-order valence-corrected chi connectivity index (χ4v) is 3.29. The molecule has 0 radical (unpaired) electrons. The van der Waals surface area contributed by atoms with Crippen molar-refractivity contribution < 1.29 is 19.1 Å². The standard InChI is InChI=1S/C20H20N2O4/c1-2-12-26-16-10-8-14(9-11-16)13-17-18(23)21-20(25)22(19(17)24)15-6-4-3-5-7-15/h1,8-11,13,15H,3-7,12H2,(H,21,23,25). The largest absolute Gasteiger partial charge is 0.481 e. The molecule has 1 aromatic rings. The van der Waals surface area contributed by atoms with E-state index in [1.165, 1.54) is 11.0 Å². The van der Waals surface area contributed by atoms with Crippen LogP contribution in [0.5, 0.6) is 5.75 Å². The first-order valence-corrected chi connectivity index (χ1v) is 8.67. The Morgan fingerprint density at radius 2 is 1.85 bits per heavy atom. The van der Waals surface area contributed by atoms with E-state index in [9.17, 15) is 14.4 Å². The van der Waals surface area contributed by atoms with Crippen molar-refractivity contribution in [2.45, 2.75) is 38.1 Å². The summed E-state index contributed by atoms with van der Waals surface area (Å²) in [6, 6.07) is 6.09. The van der Waals surface area contributed by atoms with Gasteiger partial charge in [0.25, 0.3) is 11.8 Å². The second-order valence-corrected chi connectivity index (χ2v) is 6.35. The maximum absolute atomic E-state index is 12.8. The van der Waals surface area contributed by atoms with Gasteiger partial charge in [0.15, 0.2) is 0 Å². The molecule has 0 unspecified atom stereocenters. The smallest absolute Gasteiger partial charge is 0.331 e. The first kappa shape index (κ1) is 17.7. The molecule has 2 fully saturated rings. The highest BCUT2D eigenvalue weighted by molar-refractivity contribution is 6.31. The van der Waals surface area contributed by atoms with Gasteiger partial charge in [-0.05, 0) is 36.6 Å². The summed E-state index contributed by atoms with van der Waals surface area (Å²) in [4.78, 5) is 38.3. The van der Waals surface area contributed by atoms with Crippen molar-refractivity contribution in [2.75, 3.05) is 6.61 Å². The van der Waals surface area contributed by atoms with Crippen molar-refractivity contribution in [3.8, 4) is 18.1 Å². The van der Waals surface area contributed by atoms with Crippen molar-refractivity contribution >= 4 is 23.9 Å². The molecule has 0 atom stereocenters. The van der Waals surface area contributed by atoms with E-state index in [2.05, 4.69) is 11.2 Å². The second-order valence-electron chi connectivity index (χ2n) is 6.35. The number of rotatable bonds is 4. The van der Waals surface area contributed by atoms with Crippen molar-refractivity contribution in [3.63, 3.8) is 0 Å². The highest BCUT2D eigenvalue weighted by atomic mass is 16.5. The Morgan fingerprint density at radius 3 is 2.50 bits per heavy atom. The Bertz CT molecular complexity index is 783. The third kappa shape index (κ3) is 3.77. The number of amides is 4. The number of barbiturate groups is 1. The summed E-state index contributed by atoms with van der Waals surface area (Å²) in [5, 5.41) is 2.28. The van der Waals surface area contributed by atoms with Crippen LogP contribution >= 0.6 is 0 Å². The number of terminal acetylenes is 1. The minimum Gasteiger partial charge on any atom is -0.481 e. The molecule has 1 aliphatic carbocycles. The molecule has 1 saturated carbocycles. The summed E-state index contributed by atoms with van der Waals surface area (Å²) >= 11 is 0. The molecule has 0 bridgehead atoms. The van der Waals surface area contributed by atoms with E-state index < -0.39 is 17.8 Å². The van der Waals surface area contributed by atoms with E-state index in [4.69, 9.17) is 11.2 Å². The Morgan fingerprint density at radius 1 is 1.15 bits per heavy atom. The Hall–Kier alpha value is -3.07. The Balaban J connectivity index is 1.82. The van der Waals surface area contributed by atoms with Crippen molar-refractivity contribution in [2.24, 2.45) is 0 Å². The Labute approximate surface area is 152 Å². The minimum atomic E-state index is -0.667. The molecule has 1 aromatic carbocycles. The van der Waals surface area contributed by atoms with Gasteiger partial charge < -0.3 is 4.74 Å². The van der Waals surface area contributed by atoms with Gasteiger partial charge in [-0.1, -0.05) is 37.3 Å². The highest BCUT2D eigenvalue weighted by Gasteiger charge is 2.40. The summed E-state index contributed by atoms with van der Waals surface area (Å²) in [6.07, 6.45) is 11.3. The van der Waals surface area contributed by atoms with Gasteiger partial charge in [-0.25, -0.2) is 4.79 Å². The van der Waals surface area contributed by atoms with Gasteiger partial charge in [-0.15, -0.1) is 6.42 Å². The number of nitrogens with zero attached hydrogens (tertiary/aromatic N) is 1. The van der Waals surface area contributed by atoms with Crippen LogP contribution in [0.2, 0.25) is 0 Å². The van der Waals surface area contributed by atoms with Crippen LogP contribution in [0.3, 0.4) is 0 Å². The molecule has 4 amide bonds. The van der Waals surface area contributed by atoms with Crippen LogP contribution in [-0.4, -0.2) is 35.4 Å². The van der Waals surface area contributed by atoms with Crippen LogP contribution in [0.4, 0.5) is 4.79 Å². The lowest BCUT2D eigenvalue weighted by Gasteiger charge is -2.35. The molecule has 1 N–H and O–H groups in total. The minimum absolute atomic E-state index is 0.0348. The molecule has 1 saturated heterocycles. The third-order valence-corrected chi connectivity index (χ3v) is 4.59. The van der Waals surface area contributed by atoms with Crippen LogP contribution in [0.25, 0.3) is 6.08 Å². The molecule has 134 valence electrons. The molecule has 6 nitrogen and oxygen atoms in total. The number of hydrogen-bond donors (Lipinski definition) is 1. The molecule has 0 aromatic heterocycles. The zero-order valence-corrected chi connectivity index (χ0v) is 14.4. The average molecular weight is 352 g/mol. The van der Waals surface area contributed by atoms with Crippen LogP contribution in [0, 0.1) is 12.3 Å². The predicted octanol–water partition coefficient (Wildman–Crippen LogP) is 2.49. The van der Waals surface area contributed by atoms with Crippen LogP contribution in [0.15, 0.2) is 29.8 Å². The molecule has 3 rings (SSSR count). The number of ether oxygens (including phenoxy) is 1. The molecular formula is C20H20N2O4. The molecule has 1 heterocycles. The number of urea groups is 1. The van der Waals surface area contributed by atoms with Crippen molar-refractivity contribution in [1.29, 1.82) is 0 Å². The number of carbonyl (C=O) groups is 3. The van der Waals surface area contributed by atoms with E-state index >= 15 is 0 Å². The zero-order chi connectivity index (χ0) is 18.5. The highest BCUT2D eigenvalue weighted by Crippen LogP contribution is 2.26. The number of nitrogens with one attached hydrogen (secondary N) is 1. The van der Waals surface area contributed by atoms with Gasteiger partial charge >= 0.3 is 6.03 Å². The van der Waals surface area contributed by atoms with Crippen LogP contribution in [0.1, 0.15) is 37.7 Å². The van der Waals surface area contributed by atoms with Crippen LogP contribution < -0.4 is 10.1 Å². The van der Waals surface area contributed by atoms with Gasteiger partial charge in [0.1, 0.15) is 17.9 Å². The molecule has 6 heteroatoms. The fraction of sp³-hybridized carbons (Fsp3) is 0.350. The quantitative estimate of drug-likeness (QED) is 0.513. The summed E-state index contributed by atoms with van der Waals surface area (Å²) in [7, 11) is 0. The van der Waals surface area contributed by atoms with E-state index in [-0.39, 0.29) is 18.2 Å². The van der Waals surface area contributed by atoms with E-state index in [0.29, 0.717) is 11.3 Å². The lowest BCUT2D eigenvalue weighted by atomic mass is 9.93. The van der Waals surface area contributed by atoms with E-state index in [1.807, 2.05) is 0 Å². The van der Waals surface area contributed by atoms with E-state index in [1.54, 1.807) is 24.3 Å². The van der Waals surface area contributed by atoms with Gasteiger partial charge in [0.2, 0.25) is 0 Å². The molecular weight excluding hydrogens is 332 g/mol. The average Bonchev–Trinajstić information content (AvgIpc) is 2.65. The number of benzene rings is 1. The zero-order valence-electron chi connectivity index (χ0n) is 14.4. The molecule has 26 heavy (non-hydrogen) atoms. The van der Waals surface area contributed by atoms with Crippen molar-refractivity contribution in [3.05, 3.63) is 35.4 Å². The lowest BCUT2D eigenvalue weighted by molar-refractivity contribution is -0.132. The predicted molar refractivity (Wildman–Crippen MR) is 96.0 cm³/mol. The maximum atomic E-state index is 12.8. The maximum Gasteiger partial charge on any atom is 0.331 e. The monoisotopic (exact) mass is 352 g/mol. The van der Waals surface area contributed by atoms with Crippen LogP contribution in [-0.2, 0) is 9.59 Å². The molecule has 0 spiro atoms. The summed E-state index contributed by atoms with van der Waals surface area (Å²) in [6.45, 7) is 0.166. The number of carbonyl (C=O) groups excluding carboxylic acids is 3. The number of imide groups is 2.